The van der Waals surface area contributed by atoms with Crippen molar-refractivity contribution in [3.63, 3.8) is 0 Å². The molecule has 9 heteroatoms. The number of benzene rings is 1. The summed E-state index contributed by atoms with van der Waals surface area (Å²) in [4.78, 5) is 51.3. The zero-order chi connectivity index (χ0) is 25.3. The number of nitrogens with zero attached hydrogens (tertiary/aromatic N) is 1. The van der Waals surface area contributed by atoms with Crippen molar-refractivity contribution in [3.05, 3.63) is 35.9 Å². The smallest absolute Gasteiger partial charge is 0.408 e. The number of esters is 1. The maximum Gasteiger partial charge on any atom is 0.408 e. The Balaban J connectivity index is 2.68. The van der Waals surface area contributed by atoms with Gasteiger partial charge in [-0.25, -0.2) is 9.59 Å². The summed E-state index contributed by atoms with van der Waals surface area (Å²) < 4.78 is 10.5. The van der Waals surface area contributed by atoms with Crippen LogP contribution in [0, 0.1) is 5.92 Å². The number of hydrogen-bond donors (Lipinski definition) is 2. The fraction of sp³-hybridized carbons (Fsp3) is 0.583. The van der Waals surface area contributed by atoms with Crippen LogP contribution >= 0.6 is 0 Å². The van der Waals surface area contributed by atoms with E-state index >= 15 is 0 Å². The minimum absolute atomic E-state index is 0.0974. The minimum atomic E-state index is -0.895. The molecule has 1 aromatic carbocycles. The van der Waals surface area contributed by atoms with Gasteiger partial charge in [0.05, 0.1) is 0 Å². The molecule has 0 fully saturated rings. The molecule has 0 heterocycles. The maximum absolute atomic E-state index is 13.0. The largest absolute Gasteiger partial charge is 0.459 e. The summed E-state index contributed by atoms with van der Waals surface area (Å²) in [6.07, 6.45) is -0.713. The summed E-state index contributed by atoms with van der Waals surface area (Å²) in [5, 5.41) is 5.15. The molecule has 184 valence electrons. The molecular formula is C24H37N3O6. The molecule has 0 unspecified atom stereocenters. The van der Waals surface area contributed by atoms with Crippen molar-refractivity contribution in [3.8, 4) is 0 Å². The molecular weight excluding hydrogens is 426 g/mol. The van der Waals surface area contributed by atoms with Gasteiger partial charge in [0, 0.05) is 7.05 Å². The van der Waals surface area contributed by atoms with Gasteiger partial charge in [-0.2, -0.15) is 0 Å². The fourth-order valence-corrected chi connectivity index (χ4v) is 2.78. The standard InChI is InChI=1S/C24H37N3O6/c1-15(2)19(26-23(31)33-24(5,6)7)21(29)27(8)17(4)20(28)25-16(3)22(30)32-14-18-12-10-9-11-13-18/h9-13,15-17,19H,14H2,1-8H3,(H,25,28)(H,26,31)/t16-,17-,19-/m0/s1. The molecule has 0 spiro atoms. The van der Waals surface area contributed by atoms with Gasteiger partial charge in [0.25, 0.3) is 0 Å². The van der Waals surface area contributed by atoms with Crippen LogP contribution in [0.5, 0.6) is 0 Å². The van der Waals surface area contributed by atoms with Crippen molar-refractivity contribution in [2.24, 2.45) is 5.92 Å². The van der Waals surface area contributed by atoms with Crippen LogP contribution < -0.4 is 10.6 Å². The van der Waals surface area contributed by atoms with E-state index in [0.29, 0.717) is 0 Å². The second-order valence-electron chi connectivity index (χ2n) is 9.32. The van der Waals surface area contributed by atoms with E-state index in [1.807, 2.05) is 30.3 Å². The molecule has 1 rings (SSSR count). The number of rotatable bonds is 9. The van der Waals surface area contributed by atoms with Gasteiger partial charge in [-0.1, -0.05) is 44.2 Å². The van der Waals surface area contributed by atoms with Gasteiger partial charge >= 0.3 is 12.1 Å². The average Bonchev–Trinajstić information content (AvgIpc) is 2.73. The molecule has 3 atom stereocenters. The predicted molar refractivity (Wildman–Crippen MR) is 124 cm³/mol. The van der Waals surface area contributed by atoms with Crippen molar-refractivity contribution in [1.82, 2.24) is 15.5 Å². The first-order valence-electron chi connectivity index (χ1n) is 11.0. The number of carbonyl (C=O) groups excluding carboxylic acids is 4. The zero-order valence-corrected chi connectivity index (χ0v) is 20.8. The third-order valence-electron chi connectivity index (χ3n) is 4.85. The highest BCUT2D eigenvalue weighted by Crippen LogP contribution is 2.12. The maximum atomic E-state index is 13.0. The van der Waals surface area contributed by atoms with Crippen LogP contribution in [-0.4, -0.2) is 59.6 Å². The Labute approximate surface area is 196 Å². The molecule has 33 heavy (non-hydrogen) atoms. The van der Waals surface area contributed by atoms with Gasteiger partial charge in [-0.15, -0.1) is 0 Å². The number of nitrogens with one attached hydrogen (secondary N) is 2. The lowest BCUT2D eigenvalue weighted by Gasteiger charge is -2.31. The van der Waals surface area contributed by atoms with E-state index in [-0.39, 0.29) is 12.5 Å². The van der Waals surface area contributed by atoms with E-state index in [9.17, 15) is 19.2 Å². The topological polar surface area (TPSA) is 114 Å². The van der Waals surface area contributed by atoms with Gasteiger partial charge in [-0.05, 0) is 46.1 Å². The van der Waals surface area contributed by atoms with Crippen LogP contribution in [0.4, 0.5) is 4.79 Å². The molecule has 0 aliphatic carbocycles. The molecule has 0 aromatic heterocycles. The van der Waals surface area contributed by atoms with Crippen LogP contribution in [-0.2, 0) is 30.5 Å². The molecule has 0 aliphatic rings. The normalized spacial score (nSPS) is 14.0. The molecule has 0 radical (unpaired) electrons. The highest BCUT2D eigenvalue weighted by Gasteiger charge is 2.33. The lowest BCUT2D eigenvalue weighted by atomic mass is 10.0. The van der Waals surface area contributed by atoms with Crippen molar-refractivity contribution in [2.75, 3.05) is 7.05 Å². The Kier molecular flexibility index (Phi) is 10.3. The third kappa shape index (κ3) is 9.51. The first-order valence-corrected chi connectivity index (χ1v) is 11.0. The fourth-order valence-electron chi connectivity index (χ4n) is 2.78. The van der Waals surface area contributed by atoms with Gasteiger partial charge < -0.3 is 25.0 Å². The van der Waals surface area contributed by atoms with Crippen LogP contribution in [0.2, 0.25) is 0 Å². The van der Waals surface area contributed by atoms with Crippen molar-refractivity contribution in [1.29, 1.82) is 0 Å². The van der Waals surface area contributed by atoms with Crippen molar-refractivity contribution < 1.29 is 28.7 Å². The number of likely N-dealkylation sites (N-methyl/N-ethyl adjacent to an activating group) is 1. The van der Waals surface area contributed by atoms with E-state index in [1.54, 1.807) is 41.5 Å². The number of amides is 3. The number of alkyl carbamates (subject to hydrolysis) is 1. The number of hydrogen-bond acceptors (Lipinski definition) is 6. The molecule has 1 aromatic rings. The highest BCUT2D eigenvalue weighted by atomic mass is 16.6. The van der Waals surface area contributed by atoms with Crippen LogP contribution in [0.15, 0.2) is 30.3 Å². The Morgan fingerprint density at radius 1 is 0.970 bits per heavy atom. The molecule has 0 saturated heterocycles. The highest BCUT2D eigenvalue weighted by molar-refractivity contribution is 5.92. The number of carbonyl (C=O) groups is 4. The summed E-state index contributed by atoms with van der Waals surface area (Å²) in [5.74, 6) is -1.79. The quantitative estimate of drug-likeness (QED) is 0.544. The SMILES string of the molecule is CC(C)[C@H](NC(=O)OC(C)(C)C)C(=O)N(C)[C@@H](C)C(=O)N[C@@H](C)C(=O)OCc1ccccc1. The van der Waals surface area contributed by atoms with E-state index in [0.717, 1.165) is 5.56 Å². The van der Waals surface area contributed by atoms with Crippen LogP contribution in [0.3, 0.4) is 0 Å². The summed E-state index contributed by atoms with van der Waals surface area (Å²) in [5.41, 5.74) is 0.124. The Hall–Kier alpha value is -3.10. The first-order chi connectivity index (χ1) is 15.2. The minimum Gasteiger partial charge on any atom is -0.459 e. The second-order valence-corrected chi connectivity index (χ2v) is 9.32. The van der Waals surface area contributed by atoms with Crippen LogP contribution in [0.25, 0.3) is 0 Å². The van der Waals surface area contributed by atoms with E-state index in [2.05, 4.69) is 10.6 Å². The summed E-state index contributed by atoms with van der Waals surface area (Å²) in [6, 6.07) is 6.53. The van der Waals surface area contributed by atoms with E-state index in [1.165, 1.54) is 18.9 Å². The average molecular weight is 464 g/mol. The lowest BCUT2D eigenvalue weighted by Crippen LogP contribution is -2.56. The lowest BCUT2D eigenvalue weighted by molar-refractivity contribution is -0.149. The monoisotopic (exact) mass is 463 g/mol. The summed E-state index contributed by atoms with van der Waals surface area (Å²) >= 11 is 0. The summed E-state index contributed by atoms with van der Waals surface area (Å²) in [6.45, 7) is 11.9. The molecule has 3 amide bonds. The van der Waals surface area contributed by atoms with Gasteiger partial charge in [0.15, 0.2) is 0 Å². The van der Waals surface area contributed by atoms with E-state index < -0.39 is 47.6 Å². The van der Waals surface area contributed by atoms with Crippen LogP contribution in [0.1, 0.15) is 54.0 Å². The molecule has 2 N–H and O–H groups in total. The number of ether oxygens (including phenoxy) is 2. The van der Waals surface area contributed by atoms with Gasteiger partial charge in [0.2, 0.25) is 11.8 Å². The Morgan fingerprint density at radius 3 is 2.06 bits per heavy atom. The zero-order valence-electron chi connectivity index (χ0n) is 20.8. The first kappa shape index (κ1) is 27.9. The predicted octanol–water partition coefficient (Wildman–Crippen LogP) is 2.63. The van der Waals surface area contributed by atoms with Crippen molar-refractivity contribution >= 4 is 23.9 Å². The third-order valence-corrected chi connectivity index (χ3v) is 4.85. The molecule has 9 nitrogen and oxygen atoms in total. The van der Waals surface area contributed by atoms with E-state index in [4.69, 9.17) is 9.47 Å². The Bertz CT molecular complexity index is 819. The second kappa shape index (κ2) is 12.2. The summed E-state index contributed by atoms with van der Waals surface area (Å²) in [7, 11) is 1.47. The Morgan fingerprint density at radius 2 is 1.55 bits per heavy atom. The van der Waals surface area contributed by atoms with Crippen molar-refractivity contribution in [2.45, 2.75) is 78.8 Å². The molecule has 0 aliphatic heterocycles. The van der Waals surface area contributed by atoms with Gasteiger partial charge in [-0.3, -0.25) is 9.59 Å². The molecule has 0 saturated carbocycles. The molecule has 0 bridgehead atoms. The van der Waals surface area contributed by atoms with Gasteiger partial charge in [0.1, 0.15) is 30.3 Å².